The Morgan fingerprint density at radius 2 is 1.70 bits per heavy atom. The molecule has 166 valence electrons. The van der Waals surface area contributed by atoms with Gasteiger partial charge in [0.15, 0.2) is 6.10 Å². The number of hydrogen-bond donors (Lipinski definition) is 0. The number of ether oxygens (including phenoxy) is 2. The molecule has 0 heterocycles. The molecule has 0 saturated carbocycles. The van der Waals surface area contributed by atoms with Gasteiger partial charge in [-0.15, -0.1) is 0 Å². The monoisotopic (exact) mass is 434 g/mol. The van der Waals surface area contributed by atoms with E-state index in [1.54, 1.807) is 12.1 Å². The Labute approximate surface area is 183 Å². The molecule has 0 aliphatic heterocycles. The maximum absolute atomic E-state index is 13.3. The fourth-order valence-corrected chi connectivity index (χ4v) is 4.13. The van der Waals surface area contributed by atoms with E-state index in [0.29, 0.717) is 9.80 Å². The Kier molecular flexibility index (Phi) is 12.7. The standard InChI is InChI=1S/C24H34O5S/c1-5-6-7-8-9-10-11-12-23(30(27)21-15-13-19(2)14-16-21)22(29-20(3)25)17-18-24(26)28-4/h12-18,22H,5-11H2,1-4H3/b18-17+,23-12+/t22-,30+/m1/s1. The molecule has 0 aliphatic rings. The number of methoxy groups -OCH3 is 1. The summed E-state index contributed by atoms with van der Waals surface area (Å²) in [5, 5.41) is 0. The van der Waals surface area contributed by atoms with E-state index in [0.717, 1.165) is 24.8 Å². The molecule has 30 heavy (non-hydrogen) atoms. The van der Waals surface area contributed by atoms with Gasteiger partial charge in [0.2, 0.25) is 0 Å². The van der Waals surface area contributed by atoms with Crippen LogP contribution in [-0.2, 0) is 29.9 Å². The zero-order valence-corrected chi connectivity index (χ0v) is 19.3. The van der Waals surface area contributed by atoms with Crippen LogP contribution in [0.15, 0.2) is 52.3 Å². The fourth-order valence-electron chi connectivity index (χ4n) is 2.87. The number of carbonyl (C=O) groups excluding carboxylic acids is 2. The van der Waals surface area contributed by atoms with Gasteiger partial charge in [0, 0.05) is 17.9 Å². The van der Waals surface area contributed by atoms with E-state index in [1.165, 1.54) is 51.9 Å². The molecule has 0 N–H and O–H groups in total. The van der Waals surface area contributed by atoms with Crippen molar-refractivity contribution in [2.24, 2.45) is 0 Å². The highest BCUT2D eigenvalue weighted by Crippen LogP contribution is 2.23. The zero-order valence-electron chi connectivity index (χ0n) is 18.5. The van der Waals surface area contributed by atoms with Gasteiger partial charge in [-0.05, 0) is 38.0 Å². The lowest BCUT2D eigenvalue weighted by atomic mass is 10.1. The second kappa shape index (κ2) is 14.7. The topological polar surface area (TPSA) is 69.7 Å². The summed E-state index contributed by atoms with van der Waals surface area (Å²) >= 11 is 0. The third-order valence-electron chi connectivity index (χ3n) is 4.53. The molecule has 1 aromatic carbocycles. The Hall–Kier alpha value is -2.21. The fraction of sp³-hybridized carbons (Fsp3) is 0.500. The number of unbranched alkanes of at least 4 members (excludes halogenated alkanes) is 6. The number of allylic oxidation sites excluding steroid dienone is 1. The molecule has 0 amide bonds. The average Bonchev–Trinajstić information content (AvgIpc) is 2.73. The number of aryl methyl sites for hydroxylation is 1. The van der Waals surface area contributed by atoms with Crippen molar-refractivity contribution in [2.75, 3.05) is 7.11 Å². The summed E-state index contributed by atoms with van der Waals surface area (Å²) in [6.07, 6.45) is 11.2. The van der Waals surface area contributed by atoms with Gasteiger partial charge in [0.1, 0.15) is 0 Å². The van der Waals surface area contributed by atoms with Crippen molar-refractivity contribution in [3.8, 4) is 0 Å². The Morgan fingerprint density at radius 3 is 2.30 bits per heavy atom. The maximum atomic E-state index is 13.3. The normalized spacial score (nSPS) is 13.8. The summed E-state index contributed by atoms with van der Waals surface area (Å²) in [6.45, 7) is 5.44. The minimum Gasteiger partial charge on any atom is -0.466 e. The minimum atomic E-state index is -1.52. The summed E-state index contributed by atoms with van der Waals surface area (Å²) in [5.41, 5.74) is 1.07. The smallest absolute Gasteiger partial charge is 0.330 e. The molecule has 0 unspecified atom stereocenters. The SMILES string of the molecule is CCCCCCCC/C=C(\[C@@H](/C=C/C(=O)OC)OC(C)=O)[S@@](=O)c1ccc(C)cc1. The molecule has 6 heteroatoms. The van der Waals surface area contributed by atoms with E-state index in [9.17, 15) is 13.8 Å². The maximum Gasteiger partial charge on any atom is 0.330 e. The van der Waals surface area contributed by atoms with E-state index >= 15 is 0 Å². The molecule has 0 fully saturated rings. The van der Waals surface area contributed by atoms with Gasteiger partial charge in [0.25, 0.3) is 0 Å². The number of hydrogen-bond acceptors (Lipinski definition) is 5. The molecule has 5 nitrogen and oxygen atoms in total. The van der Waals surface area contributed by atoms with Crippen molar-refractivity contribution < 1.29 is 23.3 Å². The van der Waals surface area contributed by atoms with Crippen LogP contribution in [0.3, 0.4) is 0 Å². The van der Waals surface area contributed by atoms with Crippen LogP contribution in [-0.4, -0.2) is 29.4 Å². The summed E-state index contributed by atoms with van der Waals surface area (Å²) in [7, 11) is -0.251. The first kappa shape index (κ1) is 25.8. The van der Waals surface area contributed by atoms with Gasteiger partial charge >= 0.3 is 11.9 Å². The molecule has 0 bridgehead atoms. The molecule has 1 rings (SSSR count). The minimum absolute atomic E-state index is 0.461. The molecular weight excluding hydrogens is 400 g/mol. The van der Waals surface area contributed by atoms with Crippen molar-refractivity contribution in [3.63, 3.8) is 0 Å². The third kappa shape index (κ3) is 10.0. The molecule has 0 aromatic heterocycles. The van der Waals surface area contributed by atoms with E-state index < -0.39 is 28.8 Å². The molecule has 0 spiro atoms. The van der Waals surface area contributed by atoms with Gasteiger partial charge in [0.05, 0.1) is 22.8 Å². The van der Waals surface area contributed by atoms with Crippen LogP contribution in [0.5, 0.6) is 0 Å². The van der Waals surface area contributed by atoms with Crippen molar-refractivity contribution in [1.29, 1.82) is 0 Å². The number of rotatable bonds is 13. The molecule has 0 aliphatic carbocycles. The Balaban J connectivity index is 3.07. The molecule has 1 aromatic rings. The van der Waals surface area contributed by atoms with E-state index in [4.69, 9.17) is 4.74 Å². The predicted molar refractivity (Wildman–Crippen MR) is 120 cm³/mol. The molecule has 0 radical (unpaired) electrons. The van der Waals surface area contributed by atoms with Crippen molar-refractivity contribution >= 4 is 22.7 Å². The van der Waals surface area contributed by atoms with E-state index in [1.807, 2.05) is 25.1 Å². The molecule has 0 saturated heterocycles. The number of benzene rings is 1. The van der Waals surface area contributed by atoms with Crippen LogP contribution < -0.4 is 0 Å². The van der Waals surface area contributed by atoms with E-state index in [-0.39, 0.29) is 0 Å². The summed E-state index contributed by atoms with van der Waals surface area (Å²) in [4.78, 5) is 24.3. The summed E-state index contributed by atoms with van der Waals surface area (Å²) in [5.74, 6) is -1.08. The van der Waals surface area contributed by atoms with Gasteiger partial charge in [-0.1, -0.05) is 62.8 Å². The first-order valence-corrected chi connectivity index (χ1v) is 11.7. The van der Waals surface area contributed by atoms with Crippen LogP contribution in [0.1, 0.15) is 64.4 Å². The second-order valence-corrected chi connectivity index (χ2v) is 8.64. The lowest BCUT2D eigenvalue weighted by Crippen LogP contribution is -2.20. The molecule has 2 atom stereocenters. The van der Waals surface area contributed by atoms with Gasteiger partial charge < -0.3 is 9.47 Å². The average molecular weight is 435 g/mol. The first-order chi connectivity index (χ1) is 14.4. The van der Waals surface area contributed by atoms with Gasteiger partial charge in [-0.25, -0.2) is 9.00 Å². The third-order valence-corrected chi connectivity index (χ3v) is 6.06. The highest BCUT2D eigenvalue weighted by Gasteiger charge is 2.22. The summed E-state index contributed by atoms with van der Waals surface area (Å²) < 4.78 is 23.3. The first-order valence-electron chi connectivity index (χ1n) is 10.5. The van der Waals surface area contributed by atoms with Crippen molar-refractivity contribution in [3.05, 3.63) is 53.0 Å². The quantitative estimate of drug-likeness (QED) is 0.236. The lowest BCUT2D eigenvalue weighted by molar-refractivity contribution is -0.143. The van der Waals surface area contributed by atoms with Crippen LogP contribution in [0, 0.1) is 6.92 Å². The van der Waals surface area contributed by atoms with Gasteiger partial charge in [-0.2, -0.15) is 0 Å². The Morgan fingerprint density at radius 1 is 1.07 bits per heavy atom. The molecular formula is C24H34O5S. The largest absolute Gasteiger partial charge is 0.466 e. The second-order valence-electron chi connectivity index (χ2n) is 7.16. The summed E-state index contributed by atoms with van der Waals surface area (Å²) in [6, 6.07) is 7.39. The highest BCUT2D eigenvalue weighted by atomic mass is 32.2. The van der Waals surface area contributed by atoms with Crippen LogP contribution >= 0.6 is 0 Å². The van der Waals surface area contributed by atoms with Crippen LogP contribution in [0.25, 0.3) is 0 Å². The van der Waals surface area contributed by atoms with Crippen molar-refractivity contribution in [1.82, 2.24) is 0 Å². The number of carbonyl (C=O) groups is 2. The van der Waals surface area contributed by atoms with Crippen LogP contribution in [0.2, 0.25) is 0 Å². The Bertz CT molecular complexity index is 749. The van der Waals surface area contributed by atoms with E-state index in [2.05, 4.69) is 11.7 Å². The zero-order chi connectivity index (χ0) is 22.4. The van der Waals surface area contributed by atoms with Crippen LogP contribution in [0.4, 0.5) is 0 Å². The lowest BCUT2D eigenvalue weighted by Gasteiger charge is -2.17. The van der Waals surface area contributed by atoms with Gasteiger partial charge in [-0.3, -0.25) is 4.79 Å². The number of esters is 2. The van der Waals surface area contributed by atoms with Crippen molar-refractivity contribution in [2.45, 2.75) is 76.7 Å². The predicted octanol–water partition coefficient (Wildman–Crippen LogP) is 5.40. The highest BCUT2D eigenvalue weighted by molar-refractivity contribution is 7.89.